The lowest BCUT2D eigenvalue weighted by Gasteiger charge is -2.33. The summed E-state index contributed by atoms with van der Waals surface area (Å²) < 4.78 is 0. The molecule has 2 aromatic carbocycles. The third-order valence-electron chi connectivity index (χ3n) is 6.10. The normalized spacial score (nSPS) is 21.0. The van der Waals surface area contributed by atoms with Gasteiger partial charge in [0.1, 0.15) is 5.54 Å². The van der Waals surface area contributed by atoms with E-state index < -0.39 is 11.6 Å². The molecule has 3 amide bonds. The van der Waals surface area contributed by atoms with Gasteiger partial charge in [0.05, 0.1) is 22.8 Å². The second-order valence-electron chi connectivity index (χ2n) is 7.75. The van der Waals surface area contributed by atoms with E-state index in [1.54, 1.807) is 0 Å². The van der Waals surface area contributed by atoms with Crippen LogP contribution >= 0.6 is 11.6 Å². The van der Waals surface area contributed by atoms with Crippen LogP contribution in [0.4, 0.5) is 4.79 Å². The summed E-state index contributed by atoms with van der Waals surface area (Å²) in [5, 5.41) is 4.45. The van der Waals surface area contributed by atoms with E-state index in [-0.39, 0.29) is 12.5 Å². The number of para-hydroxylation sites is 1. The largest absolute Gasteiger partial charge is 0.325 e. The van der Waals surface area contributed by atoms with Gasteiger partial charge in [-0.1, -0.05) is 54.1 Å². The van der Waals surface area contributed by atoms with Crippen LogP contribution in [0.25, 0.3) is 10.9 Å². The Morgan fingerprint density at radius 1 is 1.14 bits per heavy atom. The Kier molecular flexibility index (Phi) is 4.10. The van der Waals surface area contributed by atoms with Gasteiger partial charge in [-0.25, -0.2) is 9.78 Å². The number of amides is 3. The predicted molar refractivity (Wildman–Crippen MR) is 112 cm³/mol. The lowest BCUT2D eigenvalue weighted by molar-refractivity contribution is -0.132. The number of halogens is 1. The number of nitrogens with zero attached hydrogens (tertiary/aromatic N) is 2. The summed E-state index contributed by atoms with van der Waals surface area (Å²) in [6.07, 6.45) is 2.37. The van der Waals surface area contributed by atoms with E-state index in [0.29, 0.717) is 17.1 Å². The number of imide groups is 1. The Morgan fingerprint density at radius 2 is 1.90 bits per heavy atom. The van der Waals surface area contributed by atoms with Crippen molar-refractivity contribution in [2.75, 3.05) is 0 Å². The molecule has 1 N–H and O–H groups in total. The maximum absolute atomic E-state index is 13.5. The SMILES string of the molecule is Cc1c(Cl)c(CN2C(=O)NC3(CCCc4ccccc43)C2=O)nc2ccccc12. The molecule has 1 atom stereocenters. The molecule has 1 fully saturated rings. The number of hydrogen-bond acceptors (Lipinski definition) is 3. The molecule has 5 rings (SSSR count). The fourth-order valence-corrected chi connectivity index (χ4v) is 4.83. The molecule has 1 saturated heterocycles. The number of carbonyl (C=O) groups excluding carboxylic acids is 2. The van der Waals surface area contributed by atoms with Crippen molar-refractivity contribution in [3.05, 3.63) is 75.9 Å². The molecule has 1 aliphatic heterocycles. The molecular formula is C23H20ClN3O2. The van der Waals surface area contributed by atoms with E-state index in [4.69, 9.17) is 11.6 Å². The minimum absolute atomic E-state index is 0.0547. The van der Waals surface area contributed by atoms with E-state index in [9.17, 15) is 9.59 Å². The van der Waals surface area contributed by atoms with Crippen molar-refractivity contribution in [2.45, 2.75) is 38.3 Å². The molecular weight excluding hydrogens is 386 g/mol. The topological polar surface area (TPSA) is 62.3 Å². The van der Waals surface area contributed by atoms with Gasteiger partial charge < -0.3 is 5.32 Å². The van der Waals surface area contributed by atoms with E-state index in [2.05, 4.69) is 10.3 Å². The zero-order valence-electron chi connectivity index (χ0n) is 16.0. The molecule has 3 aromatic rings. The van der Waals surface area contributed by atoms with E-state index in [1.807, 2.05) is 55.5 Å². The lowest BCUT2D eigenvalue weighted by Crippen LogP contribution is -2.46. The third-order valence-corrected chi connectivity index (χ3v) is 6.61. The average Bonchev–Trinajstić information content (AvgIpc) is 2.97. The Labute approximate surface area is 173 Å². The smallest absolute Gasteiger partial charge is 0.319 e. The van der Waals surface area contributed by atoms with E-state index >= 15 is 0 Å². The van der Waals surface area contributed by atoms with E-state index in [0.717, 1.165) is 40.4 Å². The Hall–Kier alpha value is -2.92. The first-order chi connectivity index (χ1) is 14.0. The van der Waals surface area contributed by atoms with Gasteiger partial charge in [-0.3, -0.25) is 9.69 Å². The first kappa shape index (κ1) is 18.1. The van der Waals surface area contributed by atoms with Gasteiger partial charge in [0.25, 0.3) is 5.91 Å². The number of hydrogen-bond donors (Lipinski definition) is 1. The summed E-state index contributed by atoms with van der Waals surface area (Å²) in [5.74, 6) is -0.224. The highest BCUT2D eigenvalue weighted by atomic mass is 35.5. The van der Waals surface area contributed by atoms with Gasteiger partial charge in [0.2, 0.25) is 0 Å². The minimum Gasteiger partial charge on any atom is -0.319 e. The average molecular weight is 406 g/mol. The Bertz CT molecular complexity index is 1180. The number of aromatic nitrogens is 1. The zero-order chi connectivity index (χ0) is 20.2. The third kappa shape index (κ3) is 2.64. The van der Waals surface area contributed by atoms with Crippen LogP contribution in [0.1, 0.15) is 35.2 Å². The van der Waals surface area contributed by atoms with Crippen molar-refractivity contribution < 1.29 is 9.59 Å². The fraction of sp³-hybridized carbons (Fsp3) is 0.261. The van der Waals surface area contributed by atoms with Crippen molar-refractivity contribution in [1.29, 1.82) is 0 Å². The van der Waals surface area contributed by atoms with Crippen LogP contribution in [0.3, 0.4) is 0 Å². The van der Waals surface area contributed by atoms with Gasteiger partial charge in [0, 0.05) is 5.39 Å². The van der Waals surface area contributed by atoms with Crippen LogP contribution in [0, 0.1) is 6.92 Å². The van der Waals surface area contributed by atoms with Crippen molar-refractivity contribution in [3.63, 3.8) is 0 Å². The van der Waals surface area contributed by atoms with Crippen LogP contribution in [-0.2, 0) is 23.3 Å². The molecule has 146 valence electrons. The molecule has 6 heteroatoms. The van der Waals surface area contributed by atoms with Gasteiger partial charge in [-0.15, -0.1) is 0 Å². The molecule has 29 heavy (non-hydrogen) atoms. The molecule has 0 saturated carbocycles. The van der Waals surface area contributed by atoms with Crippen molar-refractivity contribution in [3.8, 4) is 0 Å². The number of nitrogens with one attached hydrogen (secondary N) is 1. The predicted octanol–water partition coefficient (Wildman–Crippen LogP) is 4.48. The highest BCUT2D eigenvalue weighted by Gasteiger charge is 2.54. The quantitative estimate of drug-likeness (QED) is 0.639. The molecule has 1 unspecified atom stereocenters. The summed E-state index contributed by atoms with van der Waals surface area (Å²) in [7, 11) is 0. The standard InChI is InChI=1S/C23H20ClN3O2/c1-14-16-9-3-5-11-18(16)25-19(20(14)24)13-27-21(28)23(26-22(27)29)12-6-8-15-7-2-4-10-17(15)23/h2-5,7,9-11H,6,8,12-13H2,1H3,(H,26,29). The molecule has 1 aromatic heterocycles. The van der Waals surface area contributed by atoms with Crippen LogP contribution in [0.5, 0.6) is 0 Å². The molecule has 5 nitrogen and oxygen atoms in total. The van der Waals surface area contributed by atoms with Gasteiger partial charge in [0.15, 0.2) is 0 Å². The molecule has 0 bridgehead atoms. The number of urea groups is 1. The zero-order valence-corrected chi connectivity index (χ0v) is 16.8. The fourth-order valence-electron chi connectivity index (χ4n) is 4.63. The van der Waals surface area contributed by atoms with Gasteiger partial charge in [-0.2, -0.15) is 0 Å². The highest BCUT2D eigenvalue weighted by molar-refractivity contribution is 6.32. The number of fused-ring (bicyclic) bond motifs is 3. The van der Waals surface area contributed by atoms with E-state index in [1.165, 1.54) is 4.90 Å². The number of carbonyl (C=O) groups is 2. The maximum atomic E-state index is 13.5. The first-order valence-corrected chi connectivity index (χ1v) is 10.2. The summed E-state index contributed by atoms with van der Waals surface area (Å²) in [6, 6.07) is 15.2. The van der Waals surface area contributed by atoms with Crippen molar-refractivity contribution >= 4 is 34.4 Å². The summed E-state index contributed by atoms with van der Waals surface area (Å²) in [5.41, 5.74) is 3.27. The van der Waals surface area contributed by atoms with Crippen molar-refractivity contribution in [2.24, 2.45) is 0 Å². The number of pyridine rings is 1. The Balaban J connectivity index is 1.55. The summed E-state index contributed by atoms with van der Waals surface area (Å²) in [4.78, 5) is 32.2. The number of aryl methyl sites for hydroxylation is 2. The minimum atomic E-state index is -0.982. The highest BCUT2D eigenvalue weighted by Crippen LogP contribution is 2.40. The van der Waals surface area contributed by atoms with Crippen LogP contribution < -0.4 is 5.32 Å². The molecule has 0 radical (unpaired) electrons. The van der Waals surface area contributed by atoms with Gasteiger partial charge >= 0.3 is 6.03 Å². The van der Waals surface area contributed by atoms with Crippen LogP contribution in [0.15, 0.2) is 48.5 Å². The van der Waals surface area contributed by atoms with Crippen LogP contribution in [0.2, 0.25) is 5.02 Å². The Morgan fingerprint density at radius 3 is 2.76 bits per heavy atom. The van der Waals surface area contributed by atoms with Gasteiger partial charge in [-0.05, 0) is 48.9 Å². The van der Waals surface area contributed by atoms with Crippen molar-refractivity contribution in [1.82, 2.24) is 15.2 Å². The lowest BCUT2D eigenvalue weighted by atomic mass is 9.76. The molecule has 2 heterocycles. The number of rotatable bonds is 2. The molecule has 2 aliphatic rings. The first-order valence-electron chi connectivity index (χ1n) is 9.77. The van der Waals surface area contributed by atoms with Crippen LogP contribution in [-0.4, -0.2) is 21.8 Å². The summed E-state index contributed by atoms with van der Waals surface area (Å²) in [6.45, 7) is 1.99. The number of benzene rings is 2. The monoisotopic (exact) mass is 405 g/mol. The maximum Gasteiger partial charge on any atom is 0.325 e. The molecule has 1 spiro atoms. The second kappa shape index (κ2) is 6.56. The molecule has 1 aliphatic carbocycles. The summed E-state index contributed by atoms with van der Waals surface area (Å²) >= 11 is 6.57. The second-order valence-corrected chi connectivity index (χ2v) is 8.13.